The summed E-state index contributed by atoms with van der Waals surface area (Å²) >= 11 is 0. The summed E-state index contributed by atoms with van der Waals surface area (Å²) in [6, 6.07) is 31.1. The summed E-state index contributed by atoms with van der Waals surface area (Å²) in [7, 11) is 1.39. The van der Waals surface area contributed by atoms with Gasteiger partial charge in [0, 0.05) is 45.5 Å². The maximum absolute atomic E-state index is 11.5. The number of aliphatic carboxylic acids is 2. The molecule has 12 heteroatoms. The standard InChI is InChI=1S/2C24H32N2O2.C19H30N2O2.2C2H6/c2*27-24(28)23(26-20-12-6-4-7-13-20)16-8-3-1-2-5-14-21-18-17-19-11-9-10-15-22(19)25-21;1-23-19(22)17(20)11-6-4-2-3-5-10-16-14-13-15-9-7-8-12-18(15)21-16;2*1-2/h2*4,6-7,12-13,17-18,23,26H,1-3,5,8-11,14-16H2,(H,27,28);13-14,17H,2-12,20H2,1H3;2*1-2H3/t2*23-;17-;;/m000../s1. The SMILES string of the molecule is CC.CC.COC(=O)[C@@H](N)CCCCCCCc1ccc2c(n1)CCCC2.O=C(O)[C@H](CCCCCCCc1ccc2c(n1)CCCC2)Nc1ccccc1.O=C(O)[C@H](CCCCCCCc1ccc2c(n1)CCCC2)Nc1ccccc1. The summed E-state index contributed by atoms with van der Waals surface area (Å²) in [4.78, 5) is 48.6. The van der Waals surface area contributed by atoms with Gasteiger partial charge in [-0.3, -0.25) is 19.7 Å². The molecule has 83 heavy (non-hydrogen) atoms. The minimum atomic E-state index is -0.776. The third-order valence-electron chi connectivity index (χ3n) is 15.8. The molecule has 0 saturated heterocycles. The molecule has 2 aromatic carbocycles. The van der Waals surface area contributed by atoms with E-state index < -0.39 is 30.1 Å². The van der Waals surface area contributed by atoms with Crippen LogP contribution in [-0.4, -0.2) is 68.3 Å². The van der Waals surface area contributed by atoms with Crippen LogP contribution >= 0.6 is 0 Å². The summed E-state index contributed by atoms with van der Waals surface area (Å²) < 4.78 is 4.63. The number of carbonyl (C=O) groups excluding carboxylic acids is 1. The third-order valence-corrected chi connectivity index (χ3v) is 15.8. The molecular formula is C71H106N6O6. The van der Waals surface area contributed by atoms with Crippen LogP contribution < -0.4 is 16.4 Å². The van der Waals surface area contributed by atoms with E-state index in [1.165, 1.54) is 148 Å². The molecule has 5 aromatic rings. The van der Waals surface area contributed by atoms with Crippen molar-refractivity contribution in [3.8, 4) is 0 Å². The van der Waals surface area contributed by atoms with Crippen LogP contribution in [0.3, 0.4) is 0 Å². The van der Waals surface area contributed by atoms with Crippen LogP contribution in [0.4, 0.5) is 11.4 Å². The van der Waals surface area contributed by atoms with Crippen molar-refractivity contribution in [3.63, 3.8) is 0 Å². The Morgan fingerprint density at radius 2 is 0.735 bits per heavy atom. The van der Waals surface area contributed by atoms with E-state index >= 15 is 0 Å². The highest BCUT2D eigenvalue weighted by Crippen LogP contribution is 2.24. The summed E-state index contributed by atoms with van der Waals surface area (Å²) in [6.07, 6.45) is 36.8. The summed E-state index contributed by atoms with van der Waals surface area (Å²) in [5, 5.41) is 25.1. The van der Waals surface area contributed by atoms with Crippen molar-refractivity contribution in [1.29, 1.82) is 0 Å². The van der Waals surface area contributed by atoms with E-state index in [2.05, 4.69) is 51.8 Å². The maximum atomic E-state index is 11.5. The topological polar surface area (TPSA) is 190 Å². The minimum Gasteiger partial charge on any atom is -0.480 e. The van der Waals surface area contributed by atoms with Gasteiger partial charge in [-0.15, -0.1) is 0 Å². The zero-order chi connectivity index (χ0) is 59.7. The number of carboxylic acids is 2. The smallest absolute Gasteiger partial charge is 0.326 e. The van der Waals surface area contributed by atoms with Crippen LogP contribution in [0.25, 0.3) is 0 Å². The quantitative estimate of drug-likeness (QED) is 0.0209. The Hall–Kier alpha value is -6.14. The van der Waals surface area contributed by atoms with E-state index in [9.17, 15) is 24.6 Å². The molecule has 3 atom stereocenters. The van der Waals surface area contributed by atoms with Gasteiger partial charge >= 0.3 is 17.9 Å². The van der Waals surface area contributed by atoms with Crippen molar-refractivity contribution in [3.05, 3.63) is 148 Å². The van der Waals surface area contributed by atoms with Crippen LogP contribution in [0.15, 0.2) is 97.1 Å². The van der Waals surface area contributed by atoms with Crippen molar-refractivity contribution in [2.24, 2.45) is 5.73 Å². The molecule has 12 nitrogen and oxygen atoms in total. The molecule has 0 spiro atoms. The molecule has 6 N–H and O–H groups in total. The maximum Gasteiger partial charge on any atom is 0.326 e. The number of benzene rings is 2. The lowest BCUT2D eigenvalue weighted by molar-refractivity contribution is -0.142. The average molecular weight is 1140 g/mol. The molecule has 3 heterocycles. The number of nitrogens with two attached hydrogens (primary N) is 1. The molecule has 8 rings (SSSR count). The van der Waals surface area contributed by atoms with Crippen LogP contribution in [-0.2, 0) is 76.9 Å². The predicted octanol–water partition coefficient (Wildman–Crippen LogP) is 16.2. The molecule has 456 valence electrons. The molecule has 3 aromatic heterocycles. The first-order valence-electron chi connectivity index (χ1n) is 32.5. The number of nitrogens with one attached hydrogen (secondary N) is 2. The number of aromatic nitrogens is 3. The highest BCUT2D eigenvalue weighted by Gasteiger charge is 2.19. The Kier molecular flexibility index (Phi) is 35.6. The van der Waals surface area contributed by atoms with E-state index in [1.54, 1.807) is 0 Å². The second kappa shape index (κ2) is 42.6. The van der Waals surface area contributed by atoms with Gasteiger partial charge in [-0.2, -0.15) is 0 Å². The normalized spacial score (nSPS) is 14.0. The number of aryl methyl sites for hydroxylation is 9. The van der Waals surface area contributed by atoms with E-state index in [0.29, 0.717) is 12.8 Å². The molecule has 0 aliphatic heterocycles. The monoisotopic (exact) mass is 1140 g/mol. The van der Waals surface area contributed by atoms with Gasteiger partial charge in [-0.1, -0.05) is 159 Å². The van der Waals surface area contributed by atoms with Crippen molar-refractivity contribution >= 4 is 29.3 Å². The van der Waals surface area contributed by atoms with Crippen molar-refractivity contribution in [2.45, 2.75) is 258 Å². The fraction of sp³-hybridized carbons (Fsp3) is 0.577. The Balaban J connectivity index is 0.000000261. The van der Waals surface area contributed by atoms with Crippen molar-refractivity contribution in [2.75, 3.05) is 17.7 Å². The van der Waals surface area contributed by atoms with Gasteiger partial charge < -0.3 is 31.3 Å². The molecular weight excluding hydrogens is 1030 g/mol. The van der Waals surface area contributed by atoms with Crippen LogP contribution in [0.2, 0.25) is 0 Å². The fourth-order valence-electron chi connectivity index (χ4n) is 11.1. The predicted molar refractivity (Wildman–Crippen MR) is 343 cm³/mol. The number of ether oxygens (including phenoxy) is 1. The lowest BCUT2D eigenvalue weighted by Crippen LogP contribution is -2.31. The van der Waals surface area contributed by atoms with Gasteiger partial charge in [-0.25, -0.2) is 9.59 Å². The zero-order valence-corrected chi connectivity index (χ0v) is 51.8. The number of rotatable bonds is 31. The number of pyridine rings is 3. The first kappa shape index (κ1) is 69.4. The number of nitrogens with zero attached hydrogens (tertiary/aromatic N) is 3. The fourth-order valence-corrected chi connectivity index (χ4v) is 11.1. The largest absolute Gasteiger partial charge is 0.480 e. The van der Waals surface area contributed by atoms with Gasteiger partial charge in [-0.05, 0) is 194 Å². The van der Waals surface area contributed by atoms with Crippen LogP contribution in [0.1, 0.15) is 233 Å². The van der Waals surface area contributed by atoms with E-state index in [0.717, 1.165) is 121 Å². The van der Waals surface area contributed by atoms with Crippen molar-refractivity contribution < 1.29 is 29.3 Å². The number of fused-ring (bicyclic) bond motifs is 3. The molecule has 0 amide bonds. The Morgan fingerprint density at radius 3 is 1.06 bits per heavy atom. The second-order valence-electron chi connectivity index (χ2n) is 22.2. The first-order valence-corrected chi connectivity index (χ1v) is 32.5. The van der Waals surface area contributed by atoms with Gasteiger partial charge in [0.2, 0.25) is 0 Å². The van der Waals surface area contributed by atoms with Gasteiger partial charge in [0.05, 0.1) is 7.11 Å². The Labute approximate surface area is 500 Å². The molecule has 0 radical (unpaired) electrons. The number of esters is 1. The molecule has 0 fully saturated rings. The van der Waals surface area contributed by atoms with E-state index in [4.69, 9.17) is 20.7 Å². The number of hydrogen-bond donors (Lipinski definition) is 5. The second-order valence-corrected chi connectivity index (χ2v) is 22.2. The average Bonchev–Trinajstić information content (AvgIpc) is 3.58. The summed E-state index contributed by atoms with van der Waals surface area (Å²) in [5.41, 5.74) is 19.5. The van der Waals surface area contributed by atoms with E-state index in [-0.39, 0.29) is 5.97 Å². The minimum absolute atomic E-state index is 0.302. The van der Waals surface area contributed by atoms with Gasteiger partial charge in [0.15, 0.2) is 0 Å². The summed E-state index contributed by atoms with van der Waals surface area (Å²) in [6.45, 7) is 8.00. The third kappa shape index (κ3) is 27.9. The number of para-hydroxylation sites is 2. The Bertz CT molecular complexity index is 2410. The van der Waals surface area contributed by atoms with E-state index in [1.807, 2.05) is 88.4 Å². The number of anilines is 2. The number of carbonyl (C=O) groups is 3. The van der Waals surface area contributed by atoms with Gasteiger partial charge in [0.1, 0.15) is 18.1 Å². The van der Waals surface area contributed by atoms with Gasteiger partial charge in [0.25, 0.3) is 0 Å². The number of methoxy groups -OCH3 is 1. The molecule has 0 saturated carbocycles. The lowest BCUT2D eigenvalue weighted by Gasteiger charge is -2.16. The highest BCUT2D eigenvalue weighted by molar-refractivity contribution is 5.78. The molecule has 3 aliphatic rings. The van der Waals surface area contributed by atoms with Crippen LogP contribution in [0, 0.1) is 0 Å². The zero-order valence-electron chi connectivity index (χ0n) is 51.8. The molecule has 0 bridgehead atoms. The van der Waals surface area contributed by atoms with Crippen molar-refractivity contribution in [1.82, 2.24) is 15.0 Å². The van der Waals surface area contributed by atoms with Crippen LogP contribution in [0.5, 0.6) is 0 Å². The lowest BCUT2D eigenvalue weighted by atomic mass is 9.95. The number of hydrogen-bond acceptors (Lipinski definition) is 10. The highest BCUT2D eigenvalue weighted by atomic mass is 16.5. The first-order chi connectivity index (χ1) is 40.6. The molecule has 0 unspecified atom stereocenters. The summed E-state index contributed by atoms with van der Waals surface area (Å²) in [5.74, 6) is -1.85. The number of unbranched alkanes of at least 4 members (excludes halogenated alkanes) is 12. The number of carboxylic acid groups (broad SMARTS) is 2. The molecule has 3 aliphatic carbocycles. The Morgan fingerprint density at radius 1 is 0.434 bits per heavy atom.